The van der Waals surface area contributed by atoms with Crippen molar-refractivity contribution in [3.63, 3.8) is 0 Å². The lowest BCUT2D eigenvalue weighted by Gasteiger charge is -2.19. The first-order chi connectivity index (χ1) is 6.86. The van der Waals surface area contributed by atoms with Crippen LogP contribution in [0.1, 0.15) is 25.3 Å². The molecule has 2 nitrogen and oxygen atoms in total. The first kappa shape index (κ1) is 9.66. The van der Waals surface area contributed by atoms with Gasteiger partial charge in [0.15, 0.2) is 0 Å². The van der Waals surface area contributed by atoms with Crippen LogP contribution in [0.3, 0.4) is 0 Å². The first-order valence-corrected chi connectivity index (χ1v) is 5.48. The molecule has 0 aliphatic carbocycles. The molecule has 76 valence electrons. The van der Waals surface area contributed by atoms with Gasteiger partial charge in [-0.2, -0.15) is 0 Å². The molecule has 2 heteroatoms. The summed E-state index contributed by atoms with van der Waals surface area (Å²) in [6, 6.07) is 4.96. The smallest absolute Gasteiger partial charge is 0.0270 e. The van der Waals surface area contributed by atoms with Gasteiger partial charge >= 0.3 is 0 Å². The van der Waals surface area contributed by atoms with Crippen molar-refractivity contribution in [3.05, 3.63) is 30.1 Å². The lowest BCUT2D eigenvalue weighted by molar-refractivity contribution is 0.417. The van der Waals surface area contributed by atoms with Crippen molar-refractivity contribution in [3.8, 4) is 0 Å². The summed E-state index contributed by atoms with van der Waals surface area (Å²) >= 11 is 0. The van der Waals surface area contributed by atoms with Gasteiger partial charge in [-0.25, -0.2) is 0 Å². The van der Waals surface area contributed by atoms with Crippen molar-refractivity contribution < 1.29 is 0 Å². The zero-order valence-electron chi connectivity index (χ0n) is 8.74. The van der Waals surface area contributed by atoms with Crippen LogP contribution in [-0.4, -0.2) is 17.6 Å². The lowest BCUT2D eigenvalue weighted by Crippen LogP contribution is -2.29. The van der Waals surface area contributed by atoms with Crippen molar-refractivity contribution >= 4 is 0 Å². The Labute approximate surface area is 85.7 Å². The normalized spacial score (nSPS) is 23.6. The van der Waals surface area contributed by atoms with E-state index in [1.165, 1.54) is 31.4 Å². The fourth-order valence-electron chi connectivity index (χ4n) is 2.23. The predicted molar refractivity (Wildman–Crippen MR) is 58.1 cm³/mol. The highest BCUT2D eigenvalue weighted by molar-refractivity contribution is 5.10. The molecule has 2 heterocycles. The average molecular weight is 190 g/mol. The molecule has 1 saturated heterocycles. The number of hydrogen-bond acceptors (Lipinski definition) is 2. The third-order valence-corrected chi connectivity index (χ3v) is 3.09. The van der Waals surface area contributed by atoms with Crippen molar-refractivity contribution in [2.75, 3.05) is 6.54 Å². The molecule has 0 aromatic carbocycles. The van der Waals surface area contributed by atoms with Crippen molar-refractivity contribution in [2.45, 2.75) is 32.2 Å². The van der Waals surface area contributed by atoms with E-state index in [0.717, 1.165) is 12.0 Å². The van der Waals surface area contributed by atoms with E-state index in [9.17, 15) is 0 Å². The Morgan fingerprint density at radius 2 is 2.29 bits per heavy atom. The van der Waals surface area contributed by atoms with Crippen LogP contribution in [0.25, 0.3) is 0 Å². The van der Waals surface area contributed by atoms with E-state index in [0.29, 0.717) is 0 Å². The minimum Gasteiger partial charge on any atom is -0.314 e. The minimum atomic E-state index is 0.725. The van der Waals surface area contributed by atoms with E-state index in [2.05, 4.69) is 29.4 Å². The molecule has 1 aromatic rings. The summed E-state index contributed by atoms with van der Waals surface area (Å²) in [7, 11) is 0. The molecule has 0 saturated carbocycles. The second-order valence-corrected chi connectivity index (χ2v) is 4.24. The van der Waals surface area contributed by atoms with Gasteiger partial charge in [-0.3, -0.25) is 4.98 Å². The third-order valence-electron chi connectivity index (χ3n) is 3.09. The van der Waals surface area contributed by atoms with E-state index in [4.69, 9.17) is 0 Å². The molecule has 1 aliphatic rings. The van der Waals surface area contributed by atoms with Crippen LogP contribution in [0.2, 0.25) is 0 Å². The van der Waals surface area contributed by atoms with E-state index in [1.807, 2.05) is 12.4 Å². The average Bonchev–Trinajstić information content (AvgIpc) is 2.72. The van der Waals surface area contributed by atoms with Crippen LogP contribution in [0, 0.1) is 5.92 Å². The number of nitrogens with zero attached hydrogens (tertiary/aromatic N) is 1. The predicted octanol–water partition coefficient (Wildman–Crippen LogP) is 2.01. The number of hydrogen-bond donors (Lipinski definition) is 1. The van der Waals surface area contributed by atoms with Gasteiger partial charge in [0, 0.05) is 18.4 Å². The fourth-order valence-corrected chi connectivity index (χ4v) is 2.23. The summed E-state index contributed by atoms with van der Waals surface area (Å²) in [6.07, 6.45) is 7.60. The monoisotopic (exact) mass is 190 g/mol. The Hall–Kier alpha value is -0.890. The first-order valence-electron chi connectivity index (χ1n) is 5.48. The van der Waals surface area contributed by atoms with Gasteiger partial charge in [-0.05, 0) is 49.4 Å². The molecule has 1 aliphatic heterocycles. The molecule has 1 N–H and O–H groups in total. The van der Waals surface area contributed by atoms with Gasteiger partial charge in [-0.15, -0.1) is 0 Å². The van der Waals surface area contributed by atoms with E-state index in [-0.39, 0.29) is 0 Å². The fraction of sp³-hybridized carbons (Fsp3) is 0.583. The van der Waals surface area contributed by atoms with Gasteiger partial charge in [-0.1, -0.05) is 6.92 Å². The largest absolute Gasteiger partial charge is 0.314 e. The van der Waals surface area contributed by atoms with Crippen molar-refractivity contribution in [1.29, 1.82) is 0 Å². The molecule has 1 fully saturated rings. The van der Waals surface area contributed by atoms with Crippen LogP contribution in [-0.2, 0) is 6.42 Å². The molecular formula is C12H18N2. The molecule has 2 unspecified atom stereocenters. The summed E-state index contributed by atoms with van der Waals surface area (Å²) < 4.78 is 0. The third kappa shape index (κ3) is 2.32. The number of pyridine rings is 1. The Morgan fingerprint density at radius 1 is 1.50 bits per heavy atom. The van der Waals surface area contributed by atoms with E-state index >= 15 is 0 Å². The SMILES string of the molecule is CC(Cc1ccncc1)C1CCCN1. The lowest BCUT2D eigenvalue weighted by atomic mass is 9.93. The van der Waals surface area contributed by atoms with Crippen LogP contribution >= 0.6 is 0 Å². The quantitative estimate of drug-likeness (QED) is 0.788. The second-order valence-electron chi connectivity index (χ2n) is 4.24. The second kappa shape index (κ2) is 4.56. The maximum atomic E-state index is 4.03. The summed E-state index contributed by atoms with van der Waals surface area (Å²) in [6.45, 7) is 3.54. The molecule has 2 atom stereocenters. The Bertz CT molecular complexity index is 265. The van der Waals surface area contributed by atoms with Crippen LogP contribution in [0.4, 0.5) is 0 Å². The summed E-state index contributed by atoms with van der Waals surface area (Å²) in [5.41, 5.74) is 1.40. The Morgan fingerprint density at radius 3 is 2.93 bits per heavy atom. The molecular weight excluding hydrogens is 172 g/mol. The van der Waals surface area contributed by atoms with Crippen LogP contribution in [0.15, 0.2) is 24.5 Å². The molecule has 14 heavy (non-hydrogen) atoms. The Kier molecular flexibility index (Phi) is 3.14. The maximum absolute atomic E-state index is 4.03. The van der Waals surface area contributed by atoms with E-state index in [1.54, 1.807) is 0 Å². The standard InChI is InChI=1S/C12H18N2/c1-10(12-3-2-6-14-12)9-11-4-7-13-8-5-11/h4-5,7-8,10,12,14H,2-3,6,9H2,1H3. The highest BCUT2D eigenvalue weighted by Gasteiger charge is 2.20. The molecule has 0 radical (unpaired) electrons. The Balaban J connectivity index is 1.90. The number of rotatable bonds is 3. The van der Waals surface area contributed by atoms with Gasteiger partial charge < -0.3 is 5.32 Å². The topological polar surface area (TPSA) is 24.9 Å². The summed E-state index contributed by atoms with van der Waals surface area (Å²) in [5.74, 6) is 0.736. The van der Waals surface area contributed by atoms with Gasteiger partial charge in [0.1, 0.15) is 0 Å². The van der Waals surface area contributed by atoms with Gasteiger partial charge in [0.05, 0.1) is 0 Å². The number of nitrogens with one attached hydrogen (secondary N) is 1. The molecule has 0 bridgehead atoms. The molecule has 2 rings (SSSR count). The molecule has 0 amide bonds. The maximum Gasteiger partial charge on any atom is 0.0270 e. The van der Waals surface area contributed by atoms with Crippen molar-refractivity contribution in [1.82, 2.24) is 10.3 Å². The molecule has 0 spiro atoms. The highest BCUT2D eigenvalue weighted by Crippen LogP contribution is 2.18. The minimum absolute atomic E-state index is 0.725. The van der Waals surface area contributed by atoms with E-state index < -0.39 is 0 Å². The highest BCUT2D eigenvalue weighted by atomic mass is 14.9. The zero-order valence-corrected chi connectivity index (χ0v) is 8.74. The van der Waals surface area contributed by atoms with Crippen LogP contribution < -0.4 is 5.32 Å². The van der Waals surface area contributed by atoms with Crippen LogP contribution in [0.5, 0.6) is 0 Å². The van der Waals surface area contributed by atoms with Gasteiger partial charge in [0.2, 0.25) is 0 Å². The zero-order chi connectivity index (χ0) is 9.80. The molecule has 1 aromatic heterocycles. The summed E-state index contributed by atoms with van der Waals surface area (Å²) in [5, 5.41) is 3.56. The van der Waals surface area contributed by atoms with Gasteiger partial charge in [0.25, 0.3) is 0 Å². The number of aromatic nitrogens is 1. The summed E-state index contributed by atoms with van der Waals surface area (Å²) in [4.78, 5) is 4.03. The van der Waals surface area contributed by atoms with Crippen molar-refractivity contribution in [2.24, 2.45) is 5.92 Å².